The van der Waals surface area contributed by atoms with Crippen molar-refractivity contribution < 1.29 is 18.0 Å². The summed E-state index contributed by atoms with van der Waals surface area (Å²) in [5.74, 6) is -0.428. The molecule has 0 fully saturated rings. The van der Waals surface area contributed by atoms with E-state index in [2.05, 4.69) is 15.4 Å². The Balaban J connectivity index is 1.70. The second-order valence-electron chi connectivity index (χ2n) is 6.76. The number of pyridine rings is 1. The van der Waals surface area contributed by atoms with Crippen molar-refractivity contribution in [3.8, 4) is 22.4 Å². The second kappa shape index (κ2) is 8.83. The van der Waals surface area contributed by atoms with Gasteiger partial charge in [0.1, 0.15) is 23.9 Å². The summed E-state index contributed by atoms with van der Waals surface area (Å²) >= 11 is 0. The summed E-state index contributed by atoms with van der Waals surface area (Å²) in [5, 5.41) is 7.00. The Bertz CT molecular complexity index is 1190. The smallest absolute Gasteiger partial charge is 0.257 e. The lowest BCUT2D eigenvalue weighted by molar-refractivity contribution is 0.102. The molecule has 0 aliphatic rings. The van der Waals surface area contributed by atoms with E-state index >= 15 is 0 Å². The van der Waals surface area contributed by atoms with Crippen LogP contribution in [0.2, 0.25) is 0 Å². The van der Waals surface area contributed by atoms with E-state index in [0.29, 0.717) is 33.8 Å². The van der Waals surface area contributed by atoms with Gasteiger partial charge in [-0.3, -0.25) is 9.48 Å². The summed E-state index contributed by atoms with van der Waals surface area (Å²) in [6.07, 6.45) is 0.435. The van der Waals surface area contributed by atoms with Crippen molar-refractivity contribution in [3.63, 3.8) is 0 Å². The fourth-order valence-corrected chi connectivity index (χ4v) is 3.13. The Morgan fingerprint density at radius 2 is 1.74 bits per heavy atom. The molecule has 4 aromatic rings. The average molecular weight is 422 g/mol. The van der Waals surface area contributed by atoms with E-state index in [0.717, 1.165) is 4.68 Å². The number of carbonyl (C=O) groups is 1. The van der Waals surface area contributed by atoms with Gasteiger partial charge in [0.15, 0.2) is 0 Å². The first-order valence-corrected chi connectivity index (χ1v) is 9.44. The topological polar surface area (TPSA) is 59.8 Å². The highest BCUT2D eigenvalue weighted by atomic mass is 19.3. The largest absolute Gasteiger partial charge is 0.307 e. The molecule has 0 saturated carbocycles. The van der Waals surface area contributed by atoms with Gasteiger partial charge in [0.2, 0.25) is 0 Å². The molecular weight excluding hydrogens is 405 g/mol. The number of anilines is 1. The van der Waals surface area contributed by atoms with Gasteiger partial charge in [-0.25, -0.2) is 18.2 Å². The number of nitrogens with one attached hydrogen (secondary N) is 1. The number of nitrogens with zero attached hydrogens (tertiary/aromatic N) is 3. The molecule has 156 valence electrons. The predicted molar refractivity (Wildman–Crippen MR) is 111 cm³/mol. The Hall–Kier alpha value is -3.94. The lowest BCUT2D eigenvalue weighted by atomic mass is 10.0. The van der Waals surface area contributed by atoms with Gasteiger partial charge in [0, 0.05) is 29.1 Å². The molecule has 0 unspecified atom stereocenters. The van der Waals surface area contributed by atoms with Crippen LogP contribution in [0.5, 0.6) is 0 Å². The molecule has 0 aliphatic heterocycles. The average Bonchev–Trinajstić information content (AvgIpc) is 3.18. The summed E-state index contributed by atoms with van der Waals surface area (Å²) in [7, 11) is 0. The first-order chi connectivity index (χ1) is 15.0. The van der Waals surface area contributed by atoms with E-state index in [1.165, 1.54) is 36.7 Å². The van der Waals surface area contributed by atoms with Crippen LogP contribution in [0.3, 0.4) is 0 Å². The molecule has 0 spiro atoms. The van der Waals surface area contributed by atoms with Crippen LogP contribution in [0, 0.1) is 5.82 Å². The van der Waals surface area contributed by atoms with Gasteiger partial charge in [-0.15, -0.1) is 0 Å². The van der Waals surface area contributed by atoms with Crippen LogP contribution in [0.25, 0.3) is 22.4 Å². The minimum atomic E-state index is -2.58. The third-order valence-corrected chi connectivity index (χ3v) is 4.55. The number of amides is 1. The number of benzene rings is 2. The number of hydrogen-bond donors (Lipinski definition) is 1. The molecule has 0 saturated heterocycles. The van der Waals surface area contributed by atoms with E-state index < -0.39 is 18.8 Å². The van der Waals surface area contributed by atoms with E-state index in [1.807, 2.05) is 6.07 Å². The molecule has 0 bridgehead atoms. The maximum Gasteiger partial charge on any atom is 0.257 e. The van der Waals surface area contributed by atoms with Crippen molar-refractivity contribution in [2.45, 2.75) is 13.0 Å². The lowest BCUT2D eigenvalue weighted by Gasteiger charge is -2.07. The molecule has 5 nitrogen and oxygen atoms in total. The number of hydrogen-bond acceptors (Lipinski definition) is 3. The first kappa shape index (κ1) is 20.3. The first-order valence-electron chi connectivity index (χ1n) is 9.44. The molecule has 2 aromatic carbocycles. The molecule has 1 N–H and O–H groups in total. The summed E-state index contributed by atoms with van der Waals surface area (Å²) in [5.41, 5.74) is 2.66. The highest BCUT2D eigenvalue weighted by Gasteiger charge is 2.16. The Labute approximate surface area is 176 Å². The van der Waals surface area contributed by atoms with Gasteiger partial charge >= 0.3 is 0 Å². The lowest BCUT2D eigenvalue weighted by Crippen LogP contribution is -2.12. The van der Waals surface area contributed by atoms with Crippen LogP contribution < -0.4 is 5.32 Å². The molecule has 1 amide bonds. The number of rotatable bonds is 6. The predicted octanol–water partition coefficient (Wildman–Crippen LogP) is 5.27. The van der Waals surface area contributed by atoms with Gasteiger partial charge in [-0.2, -0.15) is 5.10 Å². The van der Waals surface area contributed by atoms with Crippen molar-refractivity contribution in [2.24, 2.45) is 0 Å². The number of alkyl halides is 2. The van der Waals surface area contributed by atoms with Crippen LogP contribution in [-0.4, -0.2) is 27.1 Å². The van der Waals surface area contributed by atoms with Crippen LogP contribution in [-0.2, 0) is 6.54 Å². The quantitative estimate of drug-likeness (QED) is 0.461. The van der Waals surface area contributed by atoms with E-state index in [-0.39, 0.29) is 5.91 Å². The van der Waals surface area contributed by atoms with E-state index in [4.69, 9.17) is 0 Å². The van der Waals surface area contributed by atoms with Gasteiger partial charge in [-0.1, -0.05) is 18.2 Å². The Morgan fingerprint density at radius 3 is 2.45 bits per heavy atom. The van der Waals surface area contributed by atoms with Crippen molar-refractivity contribution in [1.29, 1.82) is 0 Å². The monoisotopic (exact) mass is 422 g/mol. The minimum Gasteiger partial charge on any atom is -0.307 e. The SMILES string of the molecule is O=C(Nc1cc(-c2cn(CC(F)F)nc2-c2ccc(F)cc2)ccn1)c1ccccc1. The van der Waals surface area contributed by atoms with Crippen LogP contribution in [0.4, 0.5) is 19.0 Å². The van der Waals surface area contributed by atoms with E-state index in [1.54, 1.807) is 36.4 Å². The molecule has 0 radical (unpaired) electrons. The third kappa shape index (κ3) is 4.80. The maximum absolute atomic E-state index is 13.3. The zero-order valence-corrected chi connectivity index (χ0v) is 16.2. The molecule has 8 heteroatoms. The zero-order valence-electron chi connectivity index (χ0n) is 16.2. The molecule has 2 heterocycles. The van der Waals surface area contributed by atoms with Gasteiger partial charge < -0.3 is 5.32 Å². The molecule has 0 aliphatic carbocycles. The zero-order chi connectivity index (χ0) is 21.8. The number of carbonyl (C=O) groups excluding carboxylic acids is 1. The van der Waals surface area contributed by atoms with Crippen LogP contribution in [0.15, 0.2) is 79.1 Å². The number of halogens is 3. The Morgan fingerprint density at radius 1 is 1.00 bits per heavy atom. The minimum absolute atomic E-state index is 0.304. The number of aromatic nitrogens is 3. The fourth-order valence-electron chi connectivity index (χ4n) is 3.13. The van der Waals surface area contributed by atoms with Crippen LogP contribution in [0.1, 0.15) is 10.4 Å². The second-order valence-corrected chi connectivity index (χ2v) is 6.76. The molecule has 0 atom stereocenters. The highest BCUT2D eigenvalue weighted by molar-refractivity contribution is 6.04. The van der Waals surface area contributed by atoms with Gasteiger partial charge in [0.05, 0.1) is 0 Å². The van der Waals surface area contributed by atoms with Crippen molar-refractivity contribution in [3.05, 3.63) is 90.5 Å². The Kier molecular flexibility index (Phi) is 5.79. The van der Waals surface area contributed by atoms with E-state index in [9.17, 15) is 18.0 Å². The van der Waals surface area contributed by atoms with Gasteiger partial charge in [-0.05, 0) is 54.1 Å². The third-order valence-electron chi connectivity index (χ3n) is 4.55. The van der Waals surface area contributed by atoms with Crippen molar-refractivity contribution in [2.75, 3.05) is 5.32 Å². The maximum atomic E-state index is 13.3. The molecular formula is C23H17F3N4O. The normalized spacial score (nSPS) is 11.0. The van der Waals surface area contributed by atoms with Crippen molar-refractivity contribution in [1.82, 2.24) is 14.8 Å². The summed E-state index contributed by atoms with van der Waals surface area (Å²) in [6, 6.07) is 17.6. The summed E-state index contributed by atoms with van der Waals surface area (Å²) < 4.78 is 40.3. The molecule has 4 rings (SSSR count). The van der Waals surface area contributed by atoms with Crippen molar-refractivity contribution >= 4 is 11.7 Å². The highest BCUT2D eigenvalue weighted by Crippen LogP contribution is 2.32. The summed E-state index contributed by atoms with van der Waals surface area (Å²) in [6.45, 7) is -0.573. The van der Waals surface area contributed by atoms with Gasteiger partial charge in [0.25, 0.3) is 12.3 Å². The molecule has 31 heavy (non-hydrogen) atoms. The summed E-state index contributed by atoms with van der Waals surface area (Å²) in [4.78, 5) is 16.6. The fraction of sp³-hybridized carbons (Fsp3) is 0.0870. The molecule has 2 aromatic heterocycles. The van der Waals surface area contributed by atoms with Crippen LogP contribution >= 0.6 is 0 Å². The standard InChI is InChI=1S/C23H17F3N4O/c24-18-8-6-15(7-9-18)22-19(13-30(29-22)14-20(25)26)17-10-11-27-21(12-17)28-23(31)16-4-2-1-3-5-16/h1-13,20H,14H2,(H,27,28,31).